The number of hydrogen-bond donors (Lipinski definition) is 2. The van der Waals surface area contributed by atoms with Crippen LogP contribution in [0.15, 0.2) is 47.6 Å². The first-order valence-corrected chi connectivity index (χ1v) is 6.12. The topological polar surface area (TPSA) is 50.9 Å². The molecule has 0 aliphatic carbocycles. The number of thioether (sulfide) groups is 1. The minimum Gasteiger partial charge on any atom is -0.397 e. The fourth-order valence-corrected chi connectivity index (χ4v) is 1.98. The summed E-state index contributed by atoms with van der Waals surface area (Å²) in [5, 5.41) is 3.30. The number of aromatic nitrogens is 1. The van der Waals surface area contributed by atoms with Gasteiger partial charge in [-0.3, -0.25) is 4.98 Å². The molecule has 0 aliphatic rings. The third-order valence-electron chi connectivity index (χ3n) is 2.15. The van der Waals surface area contributed by atoms with Gasteiger partial charge >= 0.3 is 0 Å². The van der Waals surface area contributed by atoms with Crippen molar-refractivity contribution in [2.45, 2.75) is 4.90 Å². The van der Waals surface area contributed by atoms with Crippen LogP contribution in [0.2, 0.25) is 0 Å². The molecule has 2 rings (SSSR count). The number of anilines is 3. The van der Waals surface area contributed by atoms with Gasteiger partial charge in [0.1, 0.15) is 0 Å². The summed E-state index contributed by atoms with van der Waals surface area (Å²) < 4.78 is 0. The maximum absolute atomic E-state index is 5.68. The molecule has 3 nitrogen and oxygen atoms in total. The lowest BCUT2D eigenvalue weighted by atomic mass is 10.3. The van der Waals surface area contributed by atoms with Gasteiger partial charge in [-0.2, -0.15) is 0 Å². The highest BCUT2D eigenvalue weighted by molar-refractivity contribution is 7.98. The number of nitrogens with zero attached hydrogens (tertiary/aromatic N) is 1. The molecule has 2 aromatic rings. The van der Waals surface area contributed by atoms with Crippen molar-refractivity contribution in [1.82, 2.24) is 4.98 Å². The van der Waals surface area contributed by atoms with E-state index in [1.54, 1.807) is 24.2 Å². The minimum atomic E-state index is 0.659. The van der Waals surface area contributed by atoms with Gasteiger partial charge in [-0.15, -0.1) is 11.8 Å². The Morgan fingerprint density at radius 1 is 1.25 bits per heavy atom. The molecule has 0 saturated heterocycles. The molecule has 0 amide bonds. The minimum absolute atomic E-state index is 0.659. The van der Waals surface area contributed by atoms with Crippen LogP contribution in [0.1, 0.15) is 0 Å². The van der Waals surface area contributed by atoms with E-state index in [9.17, 15) is 0 Å². The monoisotopic (exact) mass is 231 g/mol. The number of hydrogen-bond acceptors (Lipinski definition) is 4. The Balaban J connectivity index is 2.26. The molecule has 1 aromatic heterocycles. The second kappa shape index (κ2) is 4.90. The zero-order valence-corrected chi connectivity index (χ0v) is 9.79. The van der Waals surface area contributed by atoms with Crippen LogP contribution >= 0.6 is 11.8 Å². The zero-order chi connectivity index (χ0) is 11.4. The second-order valence-electron chi connectivity index (χ2n) is 3.33. The average Bonchev–Trinajstić information content (AvgIpc) is 2.30. The predicted molar refractivity (Wildman–Crippen MR) is 70.2 cm³/mol. The molecule has 0 fully saturated rings. The summed E-state index contributed by atoms with van der Waals surface area (Å²) in [6, 6.07) is 10.0. The van der Waals surface area contributed by atoms with Gasteiger partial charge in [0.15, 0.2) is 0 Å². The molecule has 0 bridgehead atoms. The van der Waals surface area contributed by atoms with E-state index in [2.05, 4.69) is 22.6 Å². The van der Waals surface area contributed by atoms with Crippen LogP contribution in [0.4, 0.5) is 17.1 Å². The first-order valence-electron chi connectivity index (χ1n) is 4.90. The highest BCUT2D eigenvalue weighted by Gasteiger charge is 2.00. The first kappa shape index (κ1) is 10.8. The van der Waals surface area contributed by atoms with Gasteiger partial charge in [0.2, 0.25) is 0 Å². The van der Waals surface area contributed by atoms with E-state index in [0.717, 1.165) is 11.4 Å². The van der Waals surface area contributed by atoms with Crippen molar-refractivity contribution < 1.29 is 0 Å². The van der Waals surface area contributed by atoms with E-state index in [1.807, 2.05) is 24.3 Å². The van der Waals surface area contributed by atoms with Crippen LogP contribution in [0.3, 0.4) is 0 Å². The largest absolute Gasteiger partial charge is 0.397 e. The van der Waals surface area contributed by atoms with Crippen molar-refractivity contribution >= 4 is 28.8 Å². The van der Waals surface area contributed by atoms with Gasteiger partial charge in [0.05, 0.1) is 23.3 Å². The number of nitrogens with two attached hydrogens (primary N) is 1. The molecule has 16 heavy (non-hydrogen) atoms. The van der Waals surface area contributed by atoms with Gasteiger partial charge in [0.25, 0.3) is 0 Å². The third-order valence-corrected chi connectivity index (χ3v) is 2.94. The predicted octanol–water partition coefficient (Wildman–Crippen LogP) is 3.13. The van der Waals surface area contributed by atoms with Crippen molar-refractivity contribution in [2.24, 2.45) is 0 Å². The molecule has 4 heteroatoms. The SMILES string of the molecule is CSc1ccccc1Nc1cncc(N)c1. The van der Waals surface area contributed by atoms with Crippen LogP contribution in [0, 0.1) is 0 Å². The van der Waals surface area contributed by atoms with E-state index in [1.165, 1.54) is 4.90 Å². The molecule has 1 aromatic carbocycles. The van der Waals surface area contributed by atoms with Crippen LogP contribution in [-0.4, -0.2) is 11.2 Å². The Hall–Kier alpha value is -1.68. The van der Waals surface area contributed by atoms with Gasteiger partial charge in [-0.05, 0) is 24.5 Å². The van der Waals surface area contributed by atoms with Gasteiger partial charge in [0, 0.05) is 11.1 Å². The van der Waals surface area contributed by atoms with E-state index in [0.29, 0.717) is 5.69 Å². The Kier molecular flexibility index (Phi) is 3.31. The van der Waals surface area contributed by atoms with Crippen LogP contribution in [0.5, 0.6) is 0 Å². The lowest BCUT2D eigenvalue weighted by molar-refractivity contribution is 1.31. The van der Waals surface area contributed by atoms with Crippen LogP contribution in [-0.2, 0) is 0 Å². The number of para-hydroxylation sites is 1. The molecule has 0 aliphatic heterocycles. The molecule has 0 saturated carbocycles. The van der Waals surface area contributed by atoms with E-state index in [-0.39, 0.29) is 0 Å². The Labute approximate surface area is 99.1 Å². The smallest absolute Gasteiger partial charge is 0.0591 e. The first-order chi connectivity index (χ1) is 7.79. The quantitative estimate of drug-likeness (QED) is 0.797. The number of pyridine rings is 1. The summed E-state index contributed by atoms with van der Waals surface area (Å²) in [7, 11) is 0. The molecular weight excluding hydrogens is 218 g/mol. The summed E-state index contributed by atoms with van der Waals surface area (Å²) in [5.41, 5.74) is 8.31. The normalized spacial score (nSPS) is 10.1. The number of nitrogens with one attached hydrogen (secondary N) is 1. The lowest BCUT2D eigenvalue weighted by Crippen LogP contribution is -1.94. The van der Waals surface area contributed by atoms with Gasteiger partial charge < -0.3 is 11.1 Å². The Bertz CT molecular complexity index is 485. The number of nitrogen functional groups attached to an aromatic ring is 1. The highest BCUT2D eigenvalue weighted by atomic mass is 32.2. The number of benzene rings is 1. The maximum Gasteiger partial charge on any atom is 0.0591 e. The molecule has 0 spiro atoms. The molecule has 0 unspecified atom stereocenters. The fraction of sp³-hybridized carbons (Fsp3) is 0.0833. The Morgan fingerprint density at radius 2 is 2.06 bits per heavy atom. The molecular formula is C12H13N3S. The van der Waals surface area contributed by atoms with Crippen LogP contribution < -0.4 is 11.1 Å². The maximum atomic E-state index is 5.68. The summed E-state index contributed by atoms with van der Waals surface area (Å²) in [4.78, 5) is 5.24. The molecule has 0 atom stereocenters. The third kappa shape index (κ3) is 2.46. The highest BCUT2D eigenvalue weighted by Crippen LogP contribution is 2.27. The van der Waals surface area contributed by atoms with Gasteiger partial charge in [-0.25, -0.2) is 0 Å². The van der Waals surface area contributed by atoms with Crippen LogP contribution in [0.25, 0.3) is 0 Å². The second-order valence-corrected chi connectivity index (χ2v) is 4.18. The molecule has 0 radical (unpaired) electrons. The molecule has 1 heterocycles. The summed E-state index contributed by atoms with van der Waals surface area (Å²) in [5.74, 6) is 0. The van der Waals surface area contributed by atoms with Gasteiger partial charge in [-0.1, -0.05) is 12.1 Å². The molecule has 3 N–H and O–H groups in total. The standard InChI is InChI=1S/C12H13N3S/c1-16-12-5-3-2-4-11(12)15-10-6-9(13)7-14-8-10/h2-8,15H,13H2,1H3. The van der Waals surface area contributed by atoms with E-state index < -0.39 is 0 Å². The van der Waals surface area contributed by atoms with Crippen molar-refractivity contribution in [1.29, 1.82) is 0 Å². The van der Waals surface area contributed by atoms with E-state index >= 15 is 0 Å². The fourth-order valence-electron chi connectivity index (χ4n) is 1.43. The van der Waals surface area contributed by atoms with E-state index in [4.69, 9.17) is 5.73 Å². The van der Waals surface area contributed by atoms with Crippen molar-refractivity contribution in [3.8, 4) is 0 Å². The van der Waals surface area contributed by atoms with Crippen molar-refractivity contribution in [3.63, 3.8) is 0 Å². The summed E-state index contributed by atoms with van der Waals surface area (Å²) >= 11 is 1.70. The zero-order valence-electron chi connectivity index (χ0n) is 8.97. The van der Waals surface area contributed by atoms with Crippen molar-refractivity contribution in [2.75, 3.05) is 17.3 Å². The summed E-state index contributed by atoms with van der Waals surface area (Å²) in [6.45, 7) is 0. The average molecular weight is 231 g/mol. The molecule has 82 valence electrons. The Morgan fingerprint density at radius 3 is 2.81 bits per heavy atom. The number of rotatable bonds is 3. The summed E-state index contributed by atoms with van der Waals surface area (Å²) in [6.07, 6.45) is 5.44. The van der Waals surface area contributed by atoms with Crippen molar-refractivity contribution in [3.05, 3.63) is 42.7 Å². The lowest BCUT2D eigenvalue weighted by Gasteiger charge is -2.10.